The van der Waals surface area contributed by atoms with Gasteiger partial charge >= 0.3 is 0 Å². The second-order valence-electron chi connectivity index (χ2n) is 8.06. The normalized spacial score (nSPS) is 12.9. The highest BCUT2D eigenvalue weighted by atomic mass is 79.9. The number of benzene rings is 3. The highest BCUT2D eigenvalue weighted by Gasteiger charge is 2.22. The van der Waals surface area contributed by atoms with E-state index in [1.54, 1.807) is 0 Å². The van der Waals surface area contributed by atoms with Crippen molar-refractivity contribution in [2.24, 2.45) is 0 Å². The lowest BCUT2D eigenvalue weighted by atomic mass is 9.86. The Balaban J connectivity index is 1.48. The number of nitrogens with two attached hydrogens (primary N) is 1. The van der Waals surface area contributed by atoms with E-state index in [0.29, 0.717) is 18.0 Å². The van der Waals surface area contributed by atoms with Gasteiger partial charge in [-0.1, -0.05) is 48.5 Å². The SMILES string of the molecule is N#Cc1c(N)nc2c(c1-c1ccc(OCc3cccc4ccccc34)c(Br)c1)CCCC2. The van der Waals surface area contributed by atoms with Gasteiger partial charge in [0, 0.05) is 11.3 Å². The number of aryl methyl sites for hydroxylation is 1. The van der Waals surface area contributed by atoms with E-state index in [9.17, 15) is 5.26 Å². The molecule has 0 unspecified atom stereocenters. The van der Waals surface area contributed by atoms with Crippen molar-refractivity contribution in [2.45, 2.75) is 32.3 Å². The molecule has 0 fully saturated rings. The fourth-order valence-corrected chi connectivity index (χ4v) is 5.03. The van der Waals surface area contributed by atoms with E-state index in [1.165, 1.54) is 10.8 Å². The molecule has 0 spiro atoms. The van der Waals surface area contributed by atoms with Gasteiger partial charge in [0.1, 0.15) is 29.8 Å². The Bertz CT molecular complexity index is 1370. The molecule has 1 aromatic heterocycles. The van der Waals surface area contributed by atoms with Crippen LogP contribution in [0.25, 0.3) is 21.9 Å². The third-order valence-corrected chi connectivity index (χ3v) is 6.72. The Hall–Kier alpha value is -3.36. The van der Waals surface area contributed by atoms with Crippen molar-refractivity contribution in [3.8, 4) is 22.9 Å². The van der Waals surface area contributed by atoms with Crippen molar-refractivity contribution in [3.05, 3.63) is 87.5 Å². The molecular weight excluding hydrogens is 462 g/mol. The maximum atomic E-state index is 9.78. The number of nitrogen functional groups attached to an aromatic ring is 1. The molecule has 3 aromatic carbocycles. The average molecular weight is 484 g/mol. The molecule has 0 radical (unpaired) electrons. The van der Waals surface area contributed by atoms with Crippen molar-refractivity contribution in [3.63, 3.8) is 0 Å². The zero-order valence-electron chi connectivity index (χ0n) is 17.6. The molecule has 0 saturated heterocycles. The van der Waals surface area contributed by atoms with E-state index in [-0.39, 0.29) is 0 Å². The van der Waals surface area contributed by atoms with Crippen LogP contribution in [0.4, 0.5) is 5.82 Å². The summed E-state index contributed by atoms with van der Waals surface area (Å²) >= 11 is 3.67. The van der Waals surface area contributed by atoms with Crippen LogP contribution in [-0.2, 0) is 19.4 Å². The summed E-state index contributed by atoms with van der Waals surface area (Å²) in [5.41, 5.74) is 11.8. The van der Waals surface area contributed by atoms with Crippen molar-refractivity contribution < 1.29 is 4.74 Å². The minimum absolute atomic E-state index is 0.315. The van der Waals surface area contributed by atoms with Gasteiger partial charge in [-0.3, -0.25) is 0 Å². The van der Waals surface area contributed by atoms with Crippen molar-refractivity contribution in [2.75, 3.05) is 5.73 Å². The van der Waals surface area contributed by atoms with Gasteiger partial charge in [0.25, 0.3) is 0 Å². The predicted molar refractivity (Wildman–Crippen MR) is 131 cm³/mol. The van der Waals surface area contributed by atoms with Crippen molar-refractivity contribution in [1.29, 1.82) is 5.26 Å². The lowest BCUT2D eigenvalue weighted by Crippen LogP contribution is -2.11. The molecule has 0 atom stereocenters. The smallest absolute Gasteiger partial charge is 0.142 e. The summed E-state index contributed by atoms with van der Waals surface area (Å²) < 4.78 is 7.01. The van der Waals surface area contributed by atoms with Gasteiger partial charge in [-0.15, -0.1) is 0 Å². The van der Waals surface area contributed by atoms with Crippen molar-refractivity contribution >= 4 is 32.5 Å². The van der Waals surface area contributed by atoms with Crippen LogP contribution in [0, 0.1) is 11.3 Å². The van der Waals surface area contributed by atoms with Crippen LogP contribution >= 0.6 is 15.9 Å². The zero-order valence-corrected chi connectivity index (χ0v) is 19.2. The molecule has 1 heterocycles. The number of nitrogens with zero attached hydrogens (tertiary/aromatic N) is 2. The Morgan fingerprint density at radius 3 is 2.69 bits per heavy atom. The maximum absolute atomic E-state index is 9.78. The first-order chi connectivity index (χ1) is 15.7. The van der Waals surface area contributed by atoms with E-state index in [1.807, 2.05) is 30.3 Å². The number of ether oxygens (including phenoxy) is 1. The number of halogens is 1. The number of hydrogen-bond donors (Lipinski definition) is 1. The summed E-state index contributed by atoms with van der Waals surface area (Å²) in [5, 5.41) is 12.2. The van der Waals surface area contributed by atoms with Crippen LogP contribution in [-0.4, -0.2) is 4.98 Å². The van der Waals surface area contributed by atoms with Gasteiger partial charge in [-0.05, 0) is 81.2 Å². The lowest BCUT2D eigenvalue weighted by molar-refractivity contribution is 0.306. The second-order valence-corrected chi connectivity index (χ2v) is 8.92. The fourth-order valence-electron chi connectivity index (χ4n) is 4.54. The van der Waals surface area contributed by atoms with Crippen LogP contribution in [0.15, 0.2) is 65.1 Å². The molecule has 4 aromatic rings. The summed E-state index contributed by atoms with van der Waals surface area (Å²) in [7, 11) is 0. The van der Waals surface area contributed by atoms with E-state index in [4.69, 9.17) is 10.5 Å². The van der Waals surface area contributed by atoms with Crippen molar-refractivity contribution in [1.82, 2.24) is 4.98 Å². The number of nitriles is 1. The molecule has 5 heteroatoms. The number of anilines is 1. The summed E-state index contributed by atoms with van der Waals surface area (Å²) in [6.45, 7) is 0.473. The quantitative estimate of drug-likeness (QED) is 0.355. The topological polar surface area (TPSA) is 71.9 Å². The summed E-state index contributed by atoms with van der Waals surface area (Å²) in [4.78, 5) is 4.52. The largest absolute Gasteiger partial charge is 0.488 e. The molecule has 0 amide bonds. The molecule has 2 N–H and O–H groups in total. The Morgan fingerprint density at radius 1 is 1.03 bits per heavy atom. The molecule has 5 rings (SSSR count). The van der Waals surface area contributed by atoms with Gasteiger partial charge in [0.05, 0.1) is 4.47 Å². The van der Waals surface area contributed by atoms with E-state index in [0.717, 1.165) is 63.9 Å². The zero-order chi connectivity index (χ0) is 22.1. The van der Waals surface area contributed by atoms with E-state index >= 15 is 0 Å². The van der Waals surface area contributed by atoms with E-state index in [2.05, 4.69) is 57.3 Å². The molecule has 0 saturated carbocycles. The third-order valence-electron chi connectivity index (χ3n) is 6.10. The van der Waals surface area contributed by atoms with Gasteiger partial charge in [0.2, 0.25) is 0 Å². The van der Waals surface area contributed by atoms with Crippen LogP contribution in [0.2, 0.25) is 0 Å². The lowest BCUT2D eigenvalue weighted by Gasteiger charge is -2.21. The van der Waals surface area contributed by atoms with Gasteiger partial charge in [-0.25, -0.2) is 4.98 Å². The highest BCUT2D eigenvalue weighted by molar-refractivity contribution is 9.10. The number of fused-ring (bicyclic) bond motifs is 2. The molecule has 1 aliphatic carbocycles. The molecule has 32 heavy (non-hydrogen) atoms. The standard InChI is InChI=1S/C27H22BrN3O/c28-23-14-18(26-21-10-3-4-11-24(21)31-27(30)22(26)15-29)12-13-25(23)32-16-19-8-5-7-17-6-1-2-9-20(17)19/h1-2,5-9,12-14H,3-4,10-11,16H2,(H2,30,31). The first-order valence-corrected chi connectivity index (χ1v) is 11.6. The van der Waals surface area contributed by atoms with Gasteiger partial charge in [0.15, 0.2) is 0 Å². The van der Waals surface area contributed by atoms with Crippen LogP contribution in [0.1, 0.15) is 35.2 Å². The molecular formula is C27H22BrN3O. The molecule has 4 nitrogen and oxygen atoms in total. The van der Waals surface area contributed by atoms with Crippen LogP contribution in [0.3, 0.4) is 0 Å². The number of aromatic nitrogens is 1. The molecule has 158 valence electrons. The Kier molecular flexibility index (Phi) is 5.55. The maximum Gasteiger partial charge on any atom is 0.142 e. The minimum atomic E-state index is 0.315. The number of hydrogen-bond acceptors (Lipinski definition) is 4. The first-order valence-electron chi connectivity index (χ1n) is 10.8. The van der Waals surface area contributed by atoms with Gasteiger partial charge in [-0.2, -0.15) is 5.26 Å². The third kappa shape index (κ3) is 3.72. The second kappa shape index (κ2) is 8.64. The number of pyridine rings is 1. The number of rotatable bonds is 4. The van der Waals surface area contributed by atoms with Gasteiger partial charge < -0.3 is 10.5 Å². The fraction of sp³-hybridized carbons (Fsp3) is 0.185. The molecule has 1 aliphatic rings. The monoisotopic (exact) mass is 483 g/mol. The van der Waals surface area contributed by atoms with Crippen LogP contribution in [0.5, 0.6) is 5.75 Å². The molecule has 0 bridgehead atoms. The summed E-state index contributed by atoms with van der Waals surface area (Å²) in [6, 6.07) is 22.8. The summed E-state index contributed by atoms with van der Waals surface area (Å²) in [6.07, 6.45) is 4.04. The Morgan fingerprint density at radius 2 is 1.84 bits per heavy atom. The first kappa shape index (κ1) is 20.5. The Labute approximate surface area is 195 Å². The minimum Gasteiger partial charge on any atom is -0.488 e. The molecule has 0 aliphatic heterocycles. The van der Waals surface area contributed by atoms with E-state index < -0.39 is 0 Å². The average Bonchev–Trinajstić information content (AvgIpc) is 2.82. The highest BCUT2D eigenvalue weighted by Crippen LogP contribution is 2.39. The van der Waals surface area contributed by atoms with Crippen LogP contribution < -0.4 is 10.5 Å². The predicted octanol–water partition coefficient (Wildman–Crippen LogP) is 6.58. The summed E-state index contributed by atoms with van der Waals surface area (Å²) in [5.74, 6) is 1.08.